The fraction of sp³-hybridized carbons (Fsp3) is 0.350. The molecule has 2 N–H and O–H groups in total. The first kappa shape index (κ1) is 24.2. The number of nitrogens with one attached hydrogen (secondary N) is 2. The van der Waals surface area contributed by atoms with E-state index in [9.17, 15) is 0 Å². The minimum Gasteiger partial charge on any atom is -0.493 e. The number of rotatable bonds is 8. The number of hydrogen-bond acceptors (Lipinski definition) is 4. The Morgan fingerprint density at radius 1 is 1.07 bits per heavy atom. The molecule has 1 unspecified atom stereocenters. The number of para-hydroxylation sites is 1. The standard InChI is InChI=1S/C20H26ClN3O3.HI/c1-14(27-17-10-8-16(21)9-11-17)12-23-20(22-2)24-13-15-6-5-7-18(25-3)19(15)26-4;/h5-11,14H,12-13H2,1-4H3,(H2,22,23,24);1H. The van der Waals surface area contributed by atoms with Crippen LogP contribution >= 0.6 is 35.6 Å². The summed E-state index contributed by atoms with van der Waals surface area (Å²) >= 11 is 5.89. The first-order valence-electron chi connectivity index (χ1n) is 8.64. The Kier molecular flexibility index (Phi) is 10.8. The molecule has 0 spiro atoms. The van der Waals surface area contributed by atoms with Crippen LogP contribution in [-0.2, 0) is 6.54 Å². The van der Waals surface area contributed by atoms with E-state index in [2.05, 4.69) is 15.6 Å². The molecule has 0 saturated heterocycles. The molecule has 0 saturated carbocycles. The highest BCUT2D eigenvalue weighted by atomic mass is 127. The minimum atomic E-state index is -0.0453. The van der Waals surface area contributed by atoms with Gasteiger partial charge in [-0.25, -0.2) is 0 Å². The average Bonchev–Trinajstić information content (AvgIpc) is 2.69. The molecule has 0 fully saturated rings. The Morgan fingerprint density at radius 2 is 1.79 bits per heavy atom. The molecule has 2 aromatic rings. The zero-order valence-electron chi connectivity index (χ0n) is 16.5. The number of hydrogen-bond donors (Lipinski definition) is 2. The lowest BCUT2D eigenvalue weighted by molar-refractivity contribution is 0.224. The normalized spacial score (nSPS) is 11.8. The van der Waals surface area contributed by atoms with Crippen molar-refractivity contribution in [2.45, 2.75) is 19.6 Å². The van der Waals surface area contributed by atoms with Gasteiger partial charge >= 0.3 is 0 Å². The zero-order valence-corrected chi connectivity index (χ0v) is 19.6. The second kappa shape index (κ2) is 12.6. The Balaban J connectivity index is 0.00000392. The molecule has 2 aromatic carbocycles. The molecular formula is C20H27ClIN3O3. The van der Waals surface area contributed by atoms with Crippen LogP contribution in [0.15, 0.2) is 47.5 Å². The predicted octanol–water partition coefficient (Wildman–Crippen LogP) is 4.11. The third-order valence-corrected chi connectivity index (χ3v) is 4.11. The van der Waals surface area contributed by atoms with Gasteiger partial charge in [-0.15, -0.1) is 24.0 Å². The lowest BCUT2D eigenvalue weighted by Crippen LogP contribution is -2.41. The van der Waals surface area contributed by atoms with Crippen molar-refractivity contribution in [1.29, 1.82) is 0 Å². The lowest BCUT2D eigenvalue weighted by Gasteiger charge is -2.18. The van der Waals surface area contributed by atoms with Gasteiger partial charge in [-0.05, 0) is 37.3 Å². The van der Waals surface area contributed by atoms with Gasteiger partial charge in [0.25, 0.3) is 0 Å². The maximum atomic E-state index is 5.89. The summed E-state index contributed by atoms with van der Waals surface area (Å²) in [6.07, 6.45) is -0.0453. The second-order valence-corrected chi connectivity index (χ2v) is 6.28. The van der Waals surface area contributed by atoms with Gasteiger partial charge < -0.3 is 24.8 Å². The van der Waals surface area contributed by atoms with Gasteiger partial charge in [-0.1, -0.05) is 23.7 Å². The number of nitrogens with zero attached hydrogens (tertiary/aromatic N) is 1. The van der Waals surface area contributed by atoms with Crippen LogP contribution in [0.1, 0.15) is 12.5 Å². The van der Waals surface area contributed by atoms with Gasteiger partial charge in [0.2, 0.25) is 0 Å². The van der Waals surface area contributed by atoms with Crippen molar-refractivity contribution in [3.8, 4) is 17.2 Å². The van der Waals surface area contributed by atoms with E-state index >= 15 is 0 Å². The van der Waals surface area contributed by atoms with Gasteiger partial charge in [-0.3, -0.25) is 4.99 Å². The smallest absolute Gasteiger partial charge is 0.191 e. The van der Waals surface area contributed by atoms with Crippen LogP contribution in [-0.4, -0.2) is 39.9 Å². The van der Waals surface area contributed by atoms with E-state index in [0.717, 1.165) is 11.3 Å². The third-order valence-electron chi connectivity index (χ3n) is 3.86. The van der Waals surface area contributed by atoms with Crippen LogP contribution in [0.25, 0.3) is 0 Å². The summed E-state index contributed by atoms with van der Waals surface area (Å²) in [5.41, 5.74) is 0.977. The molecule has 0 aliphatic carbocycles. The van der Waals surface area contributed by atoms with Crippen molar-refractivity contribution in [3.05, 3.63) is 53.1 Å². The van der Waals surface area contributed by atoms with Crippen LogP contribution < -0.4 is 24.8 Å². The summed E-state index contributed by atoms with van der Waals surface area (Å²) in [5.74, 6) is 2.86. The molecule has 2 rings (SSSR count). The minimum absolute atomic E-state index is 0. The van der Waals surface area contributed by atoms with Gasteiger partial charge in [0.15, 0.2) is 17.5 Å². The number of benzene rings is 2. The summed E-state index contributed by atoms with van der Waals surface area (Å²) in [6, 6.07) is 13.1. The molecule has 1 atom stereocenters. The quantitative estimate of drug-likeness (QED) is 0.312. The van der Waals surface area contributed by atoms with E-state index in [1.807, 2.05) is 37.3 Å². The van der Waals surface area contributed by atoms with Crippen LogP contribution in [0, 0.1) is 0 Å². The predicted molar refractivity (Wildman–Crippen MR) is 125 cm³/mol. The molecule has 0 aliphatic rings. The number of halogens is 2. The Hall–Kier alpha value is -1.87. The topological polar surface area (TPSA) is 64.1 Å². The van der Waals surface area contributed by atoms with Crippen molar-refractivity contribution < 1.29 is 14.2 Å². The fourth-order valence-electron chi connectivity index (χ4n) is 2.52. The number of methoxy groups -OCH3 is 2. The van der Waals surface area contributed by atoms with Crippen molar-refractivity contribution in [2.24, 2.45) is 4.99 Å². The van der Waals surface area contributed by atoms with Gasteiger partial charge in [0, 0.05) is 24.2 Å². The highest BCUT2D eigenvalue weighted by molar-refractivity contribution is 14.0. The van der Waals surface area contributed by atoms with Crippen molar-refractivity contribution in [1.82, 2.24) is 10.6 Å². The van der Waals surface area contributed by atoms with Crippen molar-refractivity contribution >= 4 is 41.5 Å². The van der Waals surface area contributed by atoms with E-state index in [0.29, 0.717) is 35.6 Å². The van der Waals surface area contributed by atoms with E-state index in [1.165, 1.54) is 0 Å². The summed E-state index contributed by atoms with van der Waals surface area (Å²) < 4.78 is 16.6. The monoisotopic (exact) mass is 519 g/mol. The molecule has 28 heavy (non-hydrogen) atoms. The van der Waals surface area contributed by atoms with Crippen LogP contribution in [0.5, 0.6) is 17.2 Å². The SMILES string of the molecule is CN=C(NCc1cccc(OC)c1OC)NCC(C)Oc1ccc(Cl)cc1.I. The molecular weight excluding hydrogens is 493 g/mol. The van der Waals surface area contributed by atoms with E-state index in [1.54, 1.807) is 33.4 Å². The van der Waals surface area contributed by atoms with E-state index < -0.39 is 0 Å². The first-order chi connectivity index (χ1) is 13.1. The maximum absolute atomic E-state index is 5.89. The van der Waals surface area contributed by atoms with Gasteiger partial charge in [0.1, 0.15) is 11.9 Å². The molecule has 0 aromatic heterocycles. The molecule has 0 bridgehead atoms. The highest BCUT2D eigenvalue weighted by Gasteiger charge is 2.10. The molecule has 0 amide bonds. The number of ether oxygens (including phenoxy) is 3. The van der Waals surface area contributed by atoms with Gasteiger partial charge in [-0.2, -0.15) is 0 Å². The Bertz CT molecular complexity index is 757. The molecule has 8 heteroatoms. The Morgan fingerprint density at radius 3 is 2.39 bits per heavy atom. The van der Waals surface area contributed by atoms with Crippen LogP contribution in [0.4, 0.5) is 0 Å². The largest absolute Gasteiger partial charge is 0.493 e. The molecule has 154 valence electrons. The van der Waals surface area contributed by atoms with Crippen molar-refractivity contribution in [2.75, 3.05) is 27.8 Å². The summed E-state index contributed by atoms with van der Waals surface area (Å²) in [5, 5.41) is 7.21. The average molecular weight is 520 g/mol. The lowest BCUT2D eigenvalue weighted by atomic mass is 10.2. The molecule has 0 heterocycles. The Labute approximate surface area is 188 Å². The zero-order chi connectivity index (χ0) is 19.6. The third kappa shape index (κ3) is 7.27. The van der Waals surface area contributed by atoms with E-state index in [4.69, 9.17) is 25.8 Å². The number of guanidine groups is 1. The second-order valence-electron chi connectivity index (χ2n) is 5.84. The maximum Gasteiger partial charge on any atom is 0.191 e. The molecule has 0 radical (unpaired) electrons. The summed E-state index contributed by atoms with van der Waals surface area (Å²) in [6.45, 7) is 3.13. The fourth-order valence-corrected chi connectivity index (χ4v) is 2.65. The summed E-state index contributed by atoms with van der Waals surface area (Å²) in [4.78, 5) is 4.24. The summed E-state index contributed by atoms with van der Waals surface area (Å²) in [7, 11) is 4.98. The molecule has 0 aliphatic heterocycles. The number of aliphatic imine (C=N–C) groups is 1. The van der Waals surface area contributed by atoms with Crippen LogP contribution in [0.2, 0.25) is 5.02 Å². The van der Waals surface area contributed by atoms with Crippen molar-refractivity contribution in [3.63, 3.8) is 0 Å². The van der Waals surface area contributed by atoms with E-state index in [-0.39, 0.29) is 30.1 Å². The van der Waals surface area contributed by atoms with Gasteiger partial charge in [0.05, 0.1) is 20.8 Å². The van der Waals surface area contributed by atoms with Crippen LogP contribution in [0.3, 0.4) is 0 Å². The highest BCUT2D eigenvalue weighted by Crippen LogP contribution is 2.30. The first-order valence-corrected chi connectivity index (χ1v) is 9.01. The molecule has 6 nitrogen and oxygen atoms in total.